The molecule has 0 radical (unpaired) electrons. The molecule has 4 aromatic rings. The van der Waals surface area contributed by atoms with E-state index in [1.54, 1.807) is 42.5 Å². The zero-order valence-corrected chi connectivity index (χ0v) is 18.1. The molecule has 0 bridgehead atoms. The van der Waals surface area contributed by atoms with Gasteiger partial charge in [0.05, 0.1) is 16.2 Å². The number of Topliss-reactive ketones (excluding diaryl/α,β-unsaturated/α-hetero) is 1. The molecule has 0 atom stereocenters. The largest absolute Gasteiger partial charge is 0.507 e. The van der Waals surface area contributed by atoms with Gasteiger partial charge in [0.1, 0.15) is 17.3 Å². The van der Waals surface area contributed by atoms with Gasteiger partial charge in [-0.2, -0.15) is 0 Å². The molecule has 0 saturated carbocycles. The number of anilines is 1. The SMILES string of the molecule is O=C(NNc1ccccc1)c1cc(-c2ccc(C=C3Sc4ccccc4C3=O)o2)ccc1O. The first-order chi connectivity index (χ1) is 16.1. The monoisotopic (exact) mass is 454 g/mol. The number of thioether (sulfide) groups is 1. The topological polar surface area (TPSA) is 91.6 Å². The van der Waals surface area contributed by atoms with Gasteiger partial charge in [-0.1, -0.05) is 42.1 Å². The molecular weight excluding hydrogens is 436 g/mol. The first-order valence-electron chi connectivity index (χ1n) is 10.2. The van der Waals surface area contributed by atoms with Gasteiger partial charge < -0.3 is 9.52 Å². The average molecular weight is 455 g/mol. The second-order valence-corrected chi connectivity index (χ2v) is 8.40. The van der Waals surface area contributed by atoms with Crippen LogP contribution in [0.25, 0.3) is 17.4 Å². The van der Waals surface area contributed by atoms with Crippen molar-refractivity contribution < 1.29 is 19.1 Å². The van der Waals surface area contributed by atoms with Crippen LogP contribution in [0.15, 0.2) is 99.1 Å². The van der Waals surface area contributed by atoms with Crippen LogP contribution in [0.1, 0.15) is 26.5 Å². The maximum Gasteiger partial charge on any atom is 0.273 e. The Hall–Kier alpha value is -4.23. The zero-order chi connectivity index (χ0) is 22.8. The number of aromatic hydroxyl groups is 1. The quantitative estimate of drug-likeness (QED) is 0.263. The Morgan fingerprint density at radius 1 is 0.939 bits per heavy atom. The second-order valence-electron chi connectivity index (χ2n) is 7.32. The van der Waals surface area contributed by atoms with Crippen LogP contribution in [0, 0.1) is 0 Å². The molecule has 0 unspecified atom stereocenters. The number of carbonyl (C=O) groups excluding carboxylic acids is 2. The molecule has 7 heteroatoms. The minimum absolute atomic E-state index is 0.0249. The van der Waals surface area contributed by atoms with Crippen LogP contribution in [0.3, 0.4) is 0 Å². The van der Waals surface area contributed by atoms with Gasteiger partial charge in [0, 0.05) is 16.0 Å². The third-order valence-electron chi connectivity index (χ3n) is 5.10. The number of furan rings is 1. The molecule has 0 aliphatic carbocycles. The van der Waals surface area contributed by atoms with Gasteiger partial charge in [-0.25, -0.2) is 0 Å². The summed E-state index contributed by atoms with van der Waals surface area (Å²) in [4.78, 5) is 26.7. The van der Waals surface area contributed by atoms with Crippen LogP contribution >= 0.6 is 11.8 Å². The summed E-state index contributed by atoms with van der Waals surface area (Å²) < 4.78 is 5.91. The van der Waals surface area contributed by atoms with Gasteiger partial charge in [0.2, 0.25) is 5.78 Å². The third kappa shape index (κ3) is 4.26. The average Bonchev–Trinajstić information content (AvgIpc) is 3.43. The van der Waals surface area contributed by atoms with Crippen molar-refractivity contribution >= 4 is 35.2 Å². The van der Waals surface area contributed by atoms with Crippen molar-refractivity contribution in [3.63, 3.8) is 0 Å². The van der Waals surface area contributed by atoms with E-state index in [0.29, 0.717) is 33.2 Å². The number of ketones is 1. The van der Waals surface area contributed by atoms with E-state index >= 15 is 0 Å². The van der Waals surface area contributed by atoms with Crippen LogP contribution in [0.4, 0.5) is 5.69 Å². The fraction of sp³-hybridized carbons (Fsp3) is 0. The van der Waals surface area contributed by atoms with Gasteiger partial charge in [-0.05, 0) is 60.7 Å². The van der Waals surface area contributed by atoms with E-state index in [0.717, 1.165) is 4.90 Å². The number of para-hydroxylation sites is 1. The Kier molecular flexibility index (Phi) is 5.46. The first kappa shape index (κ1) is 20.7. The number of fused-ring (bicyclic) bond motifs is 1. The lowest BCUT2D eigenvalue weighted by molar-refractivity contribution is 0.0959. The van der Waals surface area contributed by atoms with Gasteiger partial charge in [-0.3, -0.25) is 20.4 Å². The summed E-state index contributed by atoms with van der Waals surface area (Å²) in [5, 5.41) is 10.2. The summed E-state index contributed by atoms with van der Waals surface area (Å²) >= 11 is 1.41. The van der Waals surface area contributed by atoms with Crippen molar-refractivity contribution in [3.05, 3.63) is 107 Å². The van der Waals surface area contributed by atoms with Crippen LogP contribution in [0.2, 0.25) is 0 Å². The number of benzene rings is 3. The molecule has 0 spiro atoms. The molecule has 2 heterocycles. The maximum atomic E-state index is 12.6. The van der Waals surface area contributed by atoms with Crippen molar-refractivity contribution in [2.24, 2.45) is 0 Å². The summed E-state index contributed by atoms with van der Waals surface area (Å²) in [5.41, 5.74) is 7.51. The van der Waals surface area contributed by atoms with Gasteiger partial charge >= 0.3 is 0 Å². The van der Waals surface area contributed by atoms with Crippen molar-refractivity contribution in [1.82, 2.24) is 5.43 Å². The summed E-state index contributed by atoms with van der Waals surface area (Å²) in [5.74, 6) is 0.380. The van der Waals surface area contributed by atoms with Crippen LogP contribution in [-0.2, 0) is 0 Å². The molecule has 0 fully saturated rings. The molecular formula is C26H18N2O4S. The lowest BCUT2D eigenvalue weighted by atomic mass is 10.1. The van der Waals surface area contributed by atoms with Gasteiger partial charge in [0.15, 0.2) is 0 Å². The third-order valence-corrected chi connectivity index (χ3v) is 6.19. The van der Waals surface area contributed by atoms with E-state index in [1.807, 2.05) is 42.5 Å². The molecule has 1 aliphatic rings. The van der Waals surface area contributed by atoms with E-state index in [2.05, 4.69) is 10.9 Å². The number of hydrazine groups is 1. The molecule has 3 N–H and O–H groups in total. The maximum absolute atomic E-state index is 12.6. The summed E-state index contributed by atoms with van der Waals surface area (Å²) in [6, 6.07) is 24.8. The van der Waals surface area contributed by atoms with E-state index in [1.165, 1.54) is 17.8 Å². The molecule has 3 aromatic carbocycles. The highest BCUT2D eigenvalue weighted by Crippen LogP contribution is 2.41. The second kappa shape index (κ2) is 8.72. The molecule has 1 aromatic heterocycles. The van der Waals surface area contributed by atoms with Crippen molar-refractivity contribution in [2.45, 2.75) is 4.90 Å². The Bertz CT molecular complexity index is 1390. The molecule has 5 rings (SSSR count). The van der Waals surface area contributed by atoms with Crippen LogP contribution in [0.5, 0.6) is 5.75 Å². The number of carbonyl (C=O) groups is 2. The first-order valence-corrected chi connectivity index (χ1v) is 11.0. The Labute approximate surface area is 193 Å². The molecule has 1 amide bonds. The summed E-state index contributed by atoms with van der Waals surface area (Å²) in [6.07, 6.45) is 1.72. The molecule has 1 aliphatic heterocycles. The van der Waals surface area contributed by atoms with Gasteiger partial charge in [0.25, 0.3) is 5.91 Å². The lowest BCUT2D eigenvalue weighted by Gasteiger charge is -2.10. The Morgan fingerprint density at radius 2 is 1.73 bits per heavy atom. The minimum atomic E-state index is -0.488. The number of rotatable bonds is 5. The number of hydrogen-bond acceptors (Lipinski definition) is 6. The molecule has 0 saturated heterocycles. The number of nitrogens with one attached hydrogen (secondary N) is 2. The Morgan fingerprint density at radius 3 is 2.55 bits per heavy atom. The van der Waals surface area contributed by atoms with E-state index < -0.39 is 5.91 Å². The minimum Gasteiger partial charge on any atom is -0.507 e. The zero-order valence-electron chi connectivity index (χ0n) is 17.2. The van der Waals surface area contributed by atoms with Crippen LogP contribution < -0.4 is 10.9 Å². The standard InChI is InChI=1S/C26H18N2O4S/c29-21-12-10-16(14-20(21)26(31)28-27-17-6-2-1-3-7-17)22-13-11-18(32-22)15-24-25(30)19-8-4-5-9-23(19)33-24/h1-15,27,29H,(H,28,31). The van der Waals surface area contributed by atoms with Crippen molar-refractivity contribution in [1.29, 1.82) is 0 Å². The highest BCUT2D eigenvalue weighted by Gasteiger charge is 2.25. The highest BCUT2D eigenvalue weighted by atomic mass is 32.2. The van der Waals surface area contributed by atoms with Crippen molar-refractivity contribution in [2.75, 3.05) is 5.43 Å². The lowest BCUT2D eigenvalue weighted by Crippen LogP contribution is -2.29. The molecule has 6 nitrogen and oxygen atoms in total. The van der Waals surface area contributed by atoms with Crippen molar-refractivity contribution in [3.8, 4) is 17.1 Å². The molecule has 162 valence electrons. The number of amides is 1. The van der Waals surface area contributed by atoms with Gasteiger partial charge in [-0.15, -0.1) is 0 Å². The number of hydrogen-bond donors (Lipinski definition) is 3. The van der Waals surface area contributed by atoms with Crippen LogP contribution in [-0.4, -0.2) is 16.8 Å². The predicted molar refractivity (Wildman–Crippen MR) is 128 cm³/mol. The fourth-order valence-electron chi connectivity index (χ4n) is 3.44. The fourth-order valence-corrected chi connectivity index (χ4v) is 4.47. The smallest absolute Gasteiger partial charge is 0.273 e. The molecule has 33 heavy (non-hydrogen) atoms. The normalized spacial score (nSPS) is 13.7. The Balaban J connectivity index is 1.35. The van der Waals surface area contributed by atoms with E-state index in [-0.39, 0.29) is 17.1 Å². The van der Waals surface area contributed by atoms with E-state index in [4.69, 9.17) is 4.42 Å². The highest BCUT2D eigenvalue weighted by molar-refractivity contribution is 8.04. The predicted octanol–water partition coefficient (Wildman–Crippen LogP) is 5.74. The summed E-state index contributed by atoms with van der Waals surface area (Å²) in [6.45, 7) is 0. The number of phenols is 1. The number of allylic oxidation sites excluding steroid dienone is 1. The van der Waals surface area contributed by atoms with E-state index in [9.17, 15) is 14.7 Å². The number of phenolic OH excluding ortho intramolecular Hbond substituents is 1. The summed E-state index contributed by atoms with van der Waals surface area (Å²) in [7, 11) is 0.